The summed E-state index contributed by atoms with van der Waals surface area (Å²) in [7, 11) is 0. The van der Waals surface area contributed by atoms with Crippen LogP contribution in [0.3, 0.4) is 0 Å². The molecule has 1 aromatic heterocycles. The van der Waals surface area contributed by atoms with Crippen molar-refractivity contribution in [3.05, 3.63) is 63.4 Å². The first-order valence-electron chi connectivity index (χ1n) is 6.27. The second kappa shape index (κ2) is 6.92. The van der Waals surface area contributed by atoms with Gasteiger partial charge in [0, 0.05) is 25.5 Å². The van der Waals surface area contributed by atoms with Crippen LogP contribution >= 0.6 is 46.6 Å². The highest BCUT2D eigenvalue weighted by molar-refractivity contribution is 7.98. The van der Waals surface area contributed by atoms with Crippen molar-refractivity contribution in [2.24, 2.45) is 0 Å². The molecule has 0 unspecified atom stereocenters. The Labute approximate surface area is 146 Å². The smallest absolute Gasteiger partial charge is 0.247 e. The second-order valence-corrected chi connectivity index (χ2v) is 6.76. The molecule has 0 atom stereocenters. The van der Waals surface area contributed by atoms with Gasteiger partial charge in [0.05, 0.1) is 5.75 Å². The Hall–Kier alpha value is -1.20. The third-order valence-electron chi connectivity index (χ3n) is 2.75. The van der Waals surface area contributed by atoms with E-state index in [9.17, 15) is 0 Å². The maximum absolute atomic E-state index is 5.97. The van der Waals surface area contributed by atoms with Crippen LogP contribution in [0.4, 0.5) is 0 Å². The van der Waals surface area contributed by atoms with Crippen LogP contribution in [0, 0.1) is 0 Å². The largest absolute Gasteiger partial charge is 0.420 e. The molecule has 0 N–H and O–H groups in total. The predicted molar refractivity (Wildman–Crippen MR) is 90.8 cm³/mol. The summed E-state index contributed by atoms with van der Waals surface area (Å²) in [4.78, 5) is 1.08. The Bertz CT molecular complexity index is 769. The molecule has 112 valence electrons. The molecule has 0 bridgehead atoms. The van der Waals surface area contributed by atoms with Crippen LogP contribution in [0.25, 0.3) is 11.5 Å². The topological polar surface area (TPSA) is 38.9 Å². The van der Waals surface area contributed by atoms with Gasteiger partial charge in [-0.15, -0.1) is 22.0 Å². The average molecular weight is 372 g/mol. The maximum Gasteiger partial charge on any atom is 0.247 e. The van der Waals surface area contributed by atoms with Crippen LogP contribution in [-0.4, -0.2) is 10.2 Å². The molecular weight excluding hydrogens is 363 g/mol. The first-order chi connectivity index (χ1) is 10.6. The molecule has 0 aliphatic heterocycles. The number of benzene rings is 2. The fraction of sp³-hybridized carbons (Fsp3) is 0.0667. The lowest BCUT2D eigenvalue weighted by molar-refractivity contribution is 0.528. The van der Waals surface area contributed by atoms with Crippen LogP contribution in [0.1, 0.15) is 5.89 Å². The normalized spacial score (nSPS) is 10.9. The number of thioether (sulfide) groups is 1. The third kappa shape index (κ3) is 3.96. The highest BCUT2D eigenvalue weighted by Gasteiger charge is 2.10. The highest BCUT2D eigenvalue weighted by atomic mass is 35.5. The van der Waals surface area contributed by atoms with Crippen LogP contribution < -0.4 is 0 Å². The van der Waals surface area contributed by atoms with Gasteiger partial charge < -0.3 is 4.42 Å². The molecule has 0 aliphatic carbocycles. The van der Waals surface area contributed by atoms with Gasteiger partial charge in [0.25, 0.3) is 0 Å². The predicted octanol–water partition coefficient (Wildman–Crippen LogP) is 5.99. The minimum absolute atomic E-state index is 0.399. The minimum atomic E-state index is 0.399. The fourth-order valence-corrected chi connectivity index (χ4v) is 3.17. The van der Waals surface area contributed by atoms with E-state index in [1.807, 2.05) is 24.3 Å². The fourth-order valence-electron chi connectivity index (χ4n) is 1.78. The molecule has 7 heteroatoms. The zero-order chi connectivity index (χ0) is 15.5. The number of aromatic nitrogens is 2. The van der Waals surface area contributed by atoms with Crippen LogP contribution in [0.15, 0.2) is 51.8 Å². The monoisotopic (exact) mass is 370 g/mol. The Kier molecular flexibility index (Phi) is 4.93. The summed E-state index contributed by atoms with van der Waals surface area (Å²) in [6.07, 6.45) is 0. The summed E-state index contributed by atoms with van der Waals surface area (Å²) in [6, 6.07) is 12.7. The van der Waals surface area contributed by atoms with Gasteiger partial charge in [0.1, 0.15) is 0 Å². The number of hydrogen-bond acceptors (Lipinski definition) is 4. The molecule has 0 saturated carbocycles. The van der Waals surface area contributed by atoms with Gasteiger partial charge in [-0.2, -0.15) is 0 Å². The van der Waals surface area contributed by atoms with Crippen molar-refractivity contribution in [2.75, 3.05) is 0 Å². The van der Waals surface area contributed by atoms with Crippen LogP contribution in [-0.2, 0) is 5.75 Å². The molecule has 3 aromatic rings. The van der Waals surface area contributed by atoms with Gasteiger partial charge in [0.15, 0.2) is 0 Å². The van der Waals surface area contributed by atoms with E-state index in [0.717, 1.165) is 4.90 Å². The van der Waals surface area contributed by atoms with E-state index >= 15 is 0 Å². The van der Waals surface area contributed by atoms with Crippen molar-refractivity contribution in [2.45, 2.75) is 10.6 Å². The van der Waals surface area contributed by atoms with Gasteiger partial charge in [-0.05, 0) is 42.5 Å². The van der Waals surface area contributed by atoms with Crippen molar-refractivity contribution < 1.29 is 4.42 Å². The van der Waals surface area contributed by atoms with Crippen molar-refractivity contribution in [3.63, 3.8) is 0 Å². The molecule has 0 spiro atoms. The van der Waals surface area contributed by atoms with E-state index in [-0.39, 0.29) is 0 Å². The Balaban J connectivity index is 1.72. The number of halogens is 3. The SMILES string of the molecule is Clc1ccc(SCc2nnc(-c3cc(Cl)cc(Cl)c3)o2)cc1. The van der Waals surface area contributed by atoms with E-state index in [0.29, 0.717) is 38.2 Å². The van der Waals surface area contributed by atoms with Crippen molar-refractivity contribution in [3.8, 4) is 11.5 Å². The third-order valence-corrected chi connectivity index (χ3v) is 4.44. The van der Waals surface area contributed by atoms with Gasteiger partial charge in [-0.1, -0.05) is 34.8 Å². The van der Waals surface area contributed by atoms with E-state index in [2.05, 4.69) is 10.2 Å². The molecule has 22 heavy (non-hydrogen) atoms. The van der Waals surface area contributed by atoms with E-state index in [1.165, 1.54) is 0 Å². The lowest BCUT2D eigenvalue weighted by atomic mass is 10.2. The number of rotatable bonds is 4. The molecule has 0 amide bonds. The van der Waals surface area contributed by atoms with Crippen molar-refractivity contribution in [1.82, 2.24) is 10.2 Å². The molecule has 0 aliphatic rings. The maximum atomic E-state index is 5.97. The summed E-state index contributed by atoms with van der Waals surface area (Å²) < 4.78 is 5.64. The molecule has 1 heterocycles. The number of hydrogen-bond donors (Lipinski definition) is 0. The highest BCUT2D eigenvalue weighted by Crippen LogP contribution is 2.28. The van der Waals surface area contributed by atoms with Crippen LogP contribution in [0.5, 0.6) is 0 Å². The van der Waals surface area contributed by atoms with Crippen molar-refractivity contribution in [1.29, 1.82) is 0 Å². The molecular formula is C15H9Cl3N2OS. The molecule has 3 nitrogen and oxygen atoms in total. The quantitative estimate of drug-likeness (QED) is 0.528. The van der Waals surface area contributed by atoms with Crippen LogP contribution in [0.2, 0.25) is 15.1 Å². The average Bonchev–Trinajstić information content (AvgIpc) is 2.95. The molecule has 3 rings (SSSR count). The Morgan fingerprint density at radius 3 is 2.23 bits per heavy atom. The molecule has 2 aromatic carbocycles. The summed E-state index contributed by atoms with van der Waals surface area (Å²) in [6.45, 7) is 0. The van der Waals surface area contributed by atoms with E-state index in [4.69, 9.17) is 39.2 Å². The minimum Gasteiger partial charge on any atom is -0.420 e. The van der Waals surface area contributed by atoms with Gasteiger partial charge in [0.2, 0.25) is 11.8 Å². The molecule has 0 saturated heterocycles. The Morgan fingerprint density at radius 1 is 0.864 bits per heavy atom. The van der Waals surface area contributed by atoms with Crippen molar-refractivity contribution >= 4 is 46.6 Å². The second-order valence-electron chi connectivity index (χ2n) is 4.40. The number of nitrogens with zero attached hydrogens (tertiary/aromatic N) is 2. The lowest BCUT2D eigenvalue weighted by Gasteiger charge is -1.99. The zero-order valence-corrected chi connectivity index (χ0v) is 14.2. The van der Waals surface area contributed by atoms with E-state index in [1.54, 1.807) is 30.0 Å². The van der Waals surface area contributed by atoms with Gasteiger partial charge in [-0.25, -0.2) is 0 Å². The Morgan fingerprint density at radius 2 is 1.55 bits per heavy atom. The zero-order valence-electron chi connectivity index (χ0n) is 11.1. The van der Waals surface area contributed by atoms with E-state index < -0.39 is 0 Å². The summed E-state index contributed by atoms with van der Waals surface area (Å²) in [5.74, 6) is 1.50. The standard InChI is InChI=1S/C15H9Cl3N2OS/c16-10-1-3-13(4-2-10)22-8-14-19-20-15(21-14)9-5-11(17)7-12(18)6-9/h1-7H,8H2. The molecule has 0 fully saturated rings. The first-order valence-corrected chi connectivity index (χ1v) is 8.39. The summed E-state index contributed by atoms with van der Waals surface area (Å²) in [5.41, 5.74) is 0.702. The van der Waals surface area contributed by atoms with Gasteiger partial charge >= 0.3 is 0 Å². The molecule has 0 radical (unpaired) electrons. The summed E-state index contributed by atoms with van der Waals surface area (Å²) >= 11 is 19.4. The van der Waals surface area contributed by atoms with Gasteiger partial charge in [-0.3, -0.25) is 0 Å². The lowest BCUT2D eigenvalue weighted by Crippen LogP contribution is -1.80. The summed E-state index contributed by atoms with van der Waals surface area (Å²) in [5, 5.41) is 9.82. The first kappa shape index (κ1) is 15.7.